The molecule has 3 heteroatoms. The van der Waals surface area contributed by atoms with Crippen LogP contribution in [0.3, 0.4) is 0 Å². The molecule has 1 aliphatic rings. The number of rotatable bonds is 4. The summed E-state index contributed by atoms with van der Waals surface area (Å²) < 4.78 is 2.04. The van der Waals surface area contributed by atoms with Crippen LogP contribution in [0.25, 0.3) is 0 Å². The molecule has 0 unspecified atom stereocenters. The summed E-state index contributed by atoms with van der Waals surface area (Å²) in [5.41, 5.74) is 2.45. The molecule has 1 aromatic rings. The van der Waals surface area contributed by atoms with E-state index in [4.69, 9.17) is 0 Å². The van der Waals surface area contributed by atoms with Crippen LogP contribution in [0.4, 0.5) is 0 Å². The van der Waals surface area contributed by atoms with Crippen molar-refractivity contribution in [3.8, 4) is 0 Å². The Balaban J connectivity index is 2.29. The summed E-state index contributed by atoms with van der Waals surface area (Å²) >= 11 is 0. The summed E-state index contributed by atoms with van der Waals surface area (Å²) in [4.78, 5) is 11.1. The summed E-state index contributed by atoms with van der Waals surface area (Å²) in [6.45, 7) is 4.64. The van der Waals surface area contributed by atoms with Gasteiger partial charge in [-0.25, -0.2) is 0 Å². The Morgan fingerprint density at radius 2 is 2.36 bits per heavy atom. The van der Waals surface area contributed by atoms with Crippen LogP contribution < -0.4 is 0 Å². The monoisotopic (exact) mass is 192 g/mol. The van der Waals surface area contributed by atoms with E-state index in [-0.39, 0.29) is 5.78 Å². The maximum absolute atomic E-state index is 11.1. The fraction of sp³-hybridized carbons (Fsp3) is 0.636. The molecule has 1 aromatic heterocycles. The van der Waals surface area contributed by atoms with Crippen molar-refractivity contribution in [1.82, 2.24) is 9.78 Å². The van der Waals surface area contributed by atoms with Crippen molar-refractivity contribution in [2.45, 2.75) is 45.6 Å². The molecule has 2 rings (SSSR count). The van der Waals surface area contributed by atoms with Crippen molar-refractivity contribution in [2.24, 2.45) is 0 Å². The van der Waals surface area contributed by atoms with Crippen molar-refractivity contribution < 1.29 is 4.79 Å². The highest BCUT2D eigenvalue weighted by molar-refractivity contribution is 5.78. The van der Waals surface area contributed by atoms with Crippen LogP contribution in [-0.2, 0) is 17.8 Å². The minimum atomic E-state index is 0.225. The van der Waals surface area contributed by atoms with E-state index in [1.54, 1.807) is 6.92 Å². The maximum Gasteiger partial charge on any atom is 0.134 e. The van der Waals surface area contributed by atoms with Crippen LogP contribution in [0.5, 0.6) is 0 Å². The molecule has 0 aromatic carbocycles. The number of aromatic nitrogens is 2. The lowest BCUT2D eigenvalue weighted by Crippen LogP contribution is -2.04. The largest absolute Gasteiger partial charge is 0.300 e. The van der Waals surface area contributed by atoms with Gasteiger partial charge in [0.1, 0.15) is 5.78 Å². The van der Waals surface area contributed by atoms with Crippen LogP contribution in [0.15, 0.2) is 6.20 Å². The predicted molar refractivity (Wildman–Crippen MR) is 54.3 cm³/mol. The molecular weight excluding hydrogens is 176 g/mol. The van der Waals surface area contributed by atoms with E-state index in [9.17, 15) is 4.79 Å². The van der Waals surface area contributed by atoms with E-state index in [0.717, 1.165) is 12.1 Å². The maximum atomic E-state index is 11.1. The molecule has 3 nitrogen and oxygen atoms in total. The second-order valence-electron chi connectivity index (χ2n) is 4.02. The average molecular weight is 192 g/mol. The minimum Gasteiger partial charge on any atom is -0.300 e. The van der Waals surface area contributed by atoms with Gasteiger partial charge in [-0.2, -0.15) is 5.10 Å². The Kier molecular flexibility index (Phi) is 2.40. The van der Waals surface area contributed by atoms with Gasteiger partial charge in [0.2, 0.25) is 0 Å². The second-order valence-corrected chi connectivity index (χ2v) is 4.02. The lowest BCUT2D eigenvalue weighted by molar-refractivity contribution is -0.116. The Morgan fingerprint density at radius 1 is 1.64 bits per heavy atom. The predicted octanol–water partition coefficient (Wildman–Crippen LogP) is 1.91. The number of hydrogen-bond donors (Lipinski definition) is 0. The third kappa shape index (κ3) is 1.72. The Labute approximate surface area is 84.1 Å². The quantitative estimate of drug-likeness (QED) is 0.730. The molecular formula is C11H16N2O. The van der Waals surface area contributed by atoms with Crippen molar-refractivity contribution >= 4 is 5.78 Å². The number of carbonyl (C=O) groups is 1. The van der Waals surface area contributed by atoms with Crippen molar-refractivity contribution in [1.29, 1.82) is 0 Å². The standard InChI is InChI=1S/C11H16N2O/c1-3-13-11(9-4-5-9)10(7-12-13)6-8(2)14/h7,9H,3-6H2,1-2H3. The molecule has 1 fully saturated rings. The lowest BCUT2D eigenvalue weighted by atomic mass is 10.1. The molecule has 76 valence electrons. The molecule has 0 amide bonds. The molecule has 1 aliphatic carbocycles. The first kappa shape index (κ1) is 9.44. The summed E-state index contributed by atoms with van der Waals surface area (Å²) in [6.07, 6.45) is 4.93. The zero-order valence-electron chi connectivity index (χ0n) is 8.79. The minimum absolute atomic E-state index is 0.225. The Bertz CT molecular complexity index is 350. The van der Waals surface area contributed by atoms with E-state index in [1.165, 1.54) is 18.5 Å². The molecule has 1 saturated carbocycles. The van der Waals surface area contributed by atoms with Gasteiger partial charge in [0, 0.05) is 30.1 Å². The molecule has 0 atom stereocenters. The zero-order chi connectivity index (χ0) is 10.1. The van der Waals surface area contributed by atoms with Gasteiger partial charge in [-0.05, 0) is 26.7 Å². The van der Waals surface area contributed by atoms with Crippen LogP contribution in [0.2, 0.25) is 0 Å². The average Bonchev–Trinajstić information content (AvgIpc) is 2.88. The van der Waals surface area contributed by atoms with E-state index >= 15 is 0 Å². The van der Waals surface area contributed by atoms with E-state index in [1.807, 2.05) is 10.9 Å². The third-order valence-corrected chi connectivity index (χ3v) is 2.66. The molecule has 0 N–H and O–H groups in total. The lowest BCUT2D eigenvalue weighted by Gasteiger charge is -2.05. The van der Waals surface area contributed by atoms with Crippen molar-refractivity contribution in [3.63, 3.8) is 0 Å². The first-order valence-corrected chi connectivity index (χ1v) is 5.26. The number of ketones is 1. The van der Waals surface area contributed by atoms with Gasteiger partial charge >= 0.3 is 0 Å². The highest BCUT2D eigenvalue weighted by Gasteiger charge is 2.29. The highest BCUT2D eigenvalue weighted by atomic mass is 16.1. The van der Waals surface area contributed by atoms with Crippen LogP contribution in [0, 0.1) is 0 Å². The molecule has 0 saturated heterocycles. The second kappa shape index (κ2) is 3.56. The Hall–Kier alpha value is -1.12. The number of carbonyl (C=O) groups excluding carboxylic acids is 1. The van der Waals surface area contributed by atoms with E-state index < -0.39 is 0 Å². The summed E-state index contributed by atoms with van der Waals surface area (Å²) in [5, 5.41) is 4.31. The molecule has 0 aliphatic heterocycles. The van der Waals surface area contributed by atoms with Crippen LogP contribution in [0.1, 0.15) is 43.9 Å². The smallest absolute Gasteiger partial charge is 0.134 e. The molecule has 0 bridgehead atoms. The van der Waals surface area contributed by atoms with Crippen LogP contribution >= 0.6 is 0 Å². The van der Waals surface area contributed by atoms with Gasteiger partial charge in [0.25, 0.3) is 0 Å². The molecule has 0 spiro atoms. The first-order valence-electron chi connectivity index (χ1n) is 5.26. The Morgan fingerprint density at radius 3 is 2.86 bits per heavy atom. The number of aryl methyl sites for hydroxylation is 1. The summed E-state index contributed by atoms with van der Waals surface area (Å²) in [6, 6.07) is 0. The van der Waals surface area contributed by atoms with Gasteiger partial charge in [-0.15, -0.1) is 0 Å². The normalized spacial score (nSPS) is 15.9. The van der Waals surface area contributed by atoms with Gasteiger partial charge in [0.15, 0.2) is 0 Å². The van der Waals surface area contributed by atoms with Crippen molar-refractivity contribution in [3.05, 3.63) is 17.5 Å². The summed E-state index contributed by atoms with van der Waals surface area (Å²) in [7, 11) is 0. The SMILES string of the molecule is CCn1ncc(CC(C)=O)c1C1CC1. The third-order valence-electron chi connectivity index (χ3n) is 2.66. The van der Waals surface area contributed by atoms with E-state index in [2.05, 4.69) is 12.0 Å². The molecule has 1 heterocycles. The van der Waals surface area contributed by atoms with Gasteiger partial charge in [0.05, 0.1) is 6.20 Å². The summed E-state index contributed by atoms with van der Waals surface area (Å²) in [5.74, 6) is 0.898. The van der Waals surface area contributed by atoms with Gasteiger partial charge in [-0.3, -0.25) is 9.48 Å². The van der Waals surface area contributed by atoms with Gasteiger partial charge < -0.3 is 0 Å². The zero-order valence-corrected chi connectivity index (χ0v) is 8.79. The number of nitrogens with zero attached hydrogens (tertiary/aromatic N) is 2. The van der Waals surface area contributed by atoms with E-state index in [0.29, 0.717) is 12.3 Å². The van der Waals surface area contributed by atoms with Crippen LogP contribution in [-0.4, -0.2) is 15.6 Å². The first-order chi connectivity index (χ1) is 6.72. The fourth-order valence-electron chi connectivity index (χ4n) is 1.92. The molecule has 0 radical (unpaired) electrons. The van der Waals surface area contributed by atoms with Gasteiger partial charge in [-0.1, -0.05) is 0 Å². The number of Topliss-reactive ketones (excluding diaryl/α,β-unsaturated/α-hetero) is 1. The highest BCUT2D eigenvalue weighted by Crippen LogP contribution is 2.41. The fourth-order valence-corrected chi connectivity index (χ4v) is 1.92. The topological polar surface area (TPSA) is 34.9 Å². The number of hydrogen-bond acceptors (Lipinski definition) is 2. The molecule has 14 heavy (non-hydrogen) atoms. The van der Waals surface area contributed by atoms with Crippen molar-refractivity contribution in [2.75, 3.05) is 0 Å².